The summed E-state index contributed by atoms with van der Waals surface area (Å²) in [5, 5.41) is 8.01. The van der Waals surface area contributed by atoms with Crippen molar-refractivity contribution in [2.45, 2.75) is 24.6 Å². The van der Waals surface area contributed by atoms with Crippen LogP contribution in [-0.4, -0.2) is 63.1 Å². The summed E-state index contributed by atoms with van der Waals surface area (Å²) in [4.78, 5) is 31.8. The molecule has 0 bridgehead atoms. The maximum Gasteiger partial charge on any atom is 0.490 e. The number of ether oxygens (including phenoxy) is 1. The van der Waals surface area contributed by atoms with Crippen LogP contribution in [0.2, 0.25) is 0 Å². The number of para-hydroxylation sites is 1. The van der Waals surface area contributed by atoms with Gasteiger partial charge in [0.05, 0.1) is 18.3 Å². The lowest BCUT2D eigenvalue weighted by atomic mass is 10.0. The number of amides is 1. The third-order valence-electron chi connectivity index (χ3n) is 5.73. The summed E-state index contributed by atoms with van der Waals surface area (Å²) in [6.45, 7) is -0.316. The Bertz CT molecular complexity index is 1460. The topological polar surface area (TPSA) is 106 Å². The summed E-state index contributed by atoms with van der Waals surface area (Å²) >= 11 is 0. The number of carbonyl (C=O) groups is 2. The molecule has 0 radical (unpaired) electrons. The number of aromatic nitrogens is 2. The van der Waals surface area contributed by atoms with Crippen LogP contribution in [0.4, 0.5) is 22.0 Å². The van der Waals surface area contributed by atoms with E-state index in [0.29, 0.717) is 22.5 Å². The van der Waals surface area contributed by atoms with Gasteiger partial charge in [-0.1, -0.05) is 24.3 Å². The van der Waals surface area contributed by atoms with E-state index < -0.39 is 30.6 Å². The minimum absolute atomic E-state index is 0.0694. The molecule has 1 N–H and O–H groups in total. The molecule has 2 aromatic carbocycles. The molecule has 4 aromatic rings. The fourth-order valence-corrected chi connectivity index (χ4v) is 3.77. The minimum atomic E-state index is -5.08. The Morgan fingerprint density at radius 3 is 2.51 bits per heavy atom. The van der Waals surface area contributed by atoms with E-state index in [1.54, 1.807) is 42.5 Å². The summed E-state index contributed by atoms with van der Waals surface area (Å²) in [5.74, 6) is -5.70. The average Bonchev–Trinajstić information content (AvgIpc) is 3.45. The van der Waals surface area contributed by atoms with Crippen molar-refractivity contribution in [2.24, 2.45) is 0 Å². The molecule has 0 saturated carbocycles. The van der Waals surface area contributed by atoms with Crippen LogP contribution in [0.1, 0.15) is 16.8 Å². The van der Waals surface area contributed by atoms with Gasteiger partial charge in [0.1, 0.15) is 6.26 Å². The second-order valence-corrected chi connectivity index (χ2v) is 8.43. The van der Waals surface area contributed by atoms with Crippen LogP contribution >= 0.6 is 0 Å². The quantitative estimate of drug-likeness (QED) is 0.338. The van der Waals surface area contributed by atoms with E-state index in [4.69, 9.17) is 19.1 Å². The molecule has 8 nitrogen and oxygen atoms in total. The molecule has 0 spiro atoms. The molecule has 204 valence electrons. The first kappa shape index (κ1) is 27.5. The van der Waals surface area contributed by atoms with Crippen LogP contribution in [0.25, 0.3) is 22.4 Å². The average molecular weight is 549 g/mol. The van der Waals surface area contributed by atoms with Crippen molar-refractivity contribution in [3.8, 4) is 17.3 Å². The second-order valence-electron chi connectivity index (χ2n) is 8.43. The van der Waals surface area contributed by atoms with Gasteiger partial charge >= 0.3 is 12.1 Å². The number of pyridine rings is 1. The molecule has 3 heterocycles. The van der Waals surface area contributed by atoms with E-state index >= 15 is 0 Å². The third-order valence-corrected chi connectivity index (χ3v) is 5.73. The van der Waals surface area contributed by atoms with E-state index in [-0.39, 0.29) is 24.9 Å². The molecule has 1 amide bonds. The Labute approximate surface area is 217 Å². The molecule has 1 saturated heterocycles. The predicted octanol–water partition coefficient (Wildman–Crippen LogP) is 5.45. The molecule has 5 rings (SSSR count). The summed E-state index contributed by atoms with van der Waals surface area (Å²) in [7, 11) is 0. The number of halogens is 5. The monoisotopic (exact) mass is 549 g/mol. The fourth-order valence-electron chi connectivity index (χ4n) is 3.77. The number of benzene rings is 2. The van der Waals surface area contributed by atoms with Gasteiger partial charge in [-0.05, 0) is 30.3 Å². The van der Waals surface area contributed by atoms with Crippen molar-refractivity contribution >= 4 is 22.8 Å². The van der Waals surface area contributed by atoms with Gasteiger partial charge < -0.3 is 19.2 Å². The number of likely N-dealkylation sites (tertiary alicyclic amines) is 1. The molecule has 1 fully saturated rings. The maximum atomic E-state index is 14.6. The first-order valence-electron chi connectivity index (χ1n) is 11.4. The summed E-state index contributed by atoms with van der Waals surface area (Å²) in [6.07, 6.45) is -4.11. The smallest absolute Gasteiger partial charge is 0.475 e. The number of carboxylic acid groups (broad SMARTS) is 1. The molecule has 39 heavy (non-hydrogen) atoms. The van der Waals surface area contributed by atoms with Crippen molar-refractivity contribution in [1.29, 1.82) is 0 Å². The van der Waals surface area contributed by atoms with Crippen molar-refractivity contribution in [1.82, 2.24) is 14.9 Å². The van der Waals surface area contributed by atoms with E-state index in [0.717, 1.165) is 5.39 Å². The number of hydrogen-bond donors (Lipinski definition) is 1. The van der Waals surface area contributed by atoms with E-state index in [9.17, 15) is 26.7 Å². The third kappa shape index (κ3) is 6.67. The number of fused-ring (bicyclic) bond motifs is 1. The first-order chi connectivity index (χ1) is 18.4. The highest BCUT2D eigenvalue weighted by molar-refractivity contribution is 5.95. The number of aliphatic carboxylic acids is 1. The molecule has 13 heteroatoms. The van der Waals surface area contributed by atoms with Crippen molar-refractivity contribution in [3.05, 3.63) is 78.7 Å². The molecule has 0 unspecified atom stereocenters. The lowest BCUT2D eigenvalue weighted by Crippen LogP contribution is -2.55. The lowest BCUT2D eigenvalue weighted by Gasteiger charge is -2.38. The van der Waals surface area contributed by atoms with Gasteiger partial charge in [0.15, 0.2) is 6.10 Å². The molecular formula is C26H20F5N3O5. The summed E-state index contributed by atoms with van der Waals surface area (Å²) < 4.78 is 71.9. The number of nitrogens with zero attached hydrogens (tertiary/aromatic N) is 3. The van der Waals surface area contributed by atoms with Crippen LogP contribution in [0.5, 0.6) is 5.88 Å². The number of piperidine rings is 1. The normalized spacial score (nSPS) is 16.7. The highest BCUT2D eigenvalue weighted by Gasteiger charge is 2.47. The van der Waals surface area contributed by atoms with Gasteiger partial charge in [-0.2, -0.15) is 13.2 Å². The Hall–Kier alpha value is -4.55. The van der Waals surface area contributed by atoms with Crippen molar-refractivity contribution in [3.63, 3.8) is 0 Å². The summed E-state index contributed by atoms with van der Waals surface area (Å²) in [5.41, 5.74) is 1.66. The predicted molar refractivity (Wildman–Crippen MR) is 127 cm³/mol. The van der Waals surface area contributed by atoms with Crippen molar-refractivity contribution < 1.29 is 45.8 Å². The van der Waals surface area contributed by atoms with Crippen LogP contribution < -0.4 is 4.74 Å². The molecule has 1 atom stereocenters. The number of alkyl halides is 5. The number of rotatable bonds is 4. The SMILES string of the molecule is O=C(O)C(F)(F)F.O=C(c1cccc(-c2ncco2)c1)N1CCC(F)(F)[C@@H](Oc2ccc3ccccc3n2)C1. The zero-order chi connectivity index (χ0) is 28.2. The number of carbonyl (C=O) groups excluding carboxylic acids is 1. The lowest BCUT2D eigenvalue weighted by molar-refractivity contribution is -0.192. The zero-order valence-electron chi connectivity index (χ0n) is 19.9. The van der Waals surface area contributed by atoms with Gasteiger partial charge in [0, 0.05) is 35.5 Å². The van der Waals surface area contributed by atoms with Gasteiger partial charge in [0.2, 0.25) is 11.8 Å². The fraction of sp³-hybridized carbons (Fsp3) is 0.231. The van der Waals surface area contributed by atoms with Crippen molar-refractivity contribution in [2.75, 3.05) is 13.1 Å². The molecule has 1 aliphatic heterocycles. The molecule has 0 aliphatic carbocycles. The van der Waals surface area contributed by atoms with E-state index in [2.05, 4.69) is 9.97 Å². The summed E-state index contributed by atoms with van der Waals surface area (Å²) in [6, 6.07) is 17.5. The van der Waals surface area contributed by atoms with Crippen LogP contribution in [0, 0.1) is 0 Å². The first-order valence-corrected chi connectivity index (χ1v) is 11.4. The Kier molecular flexibility index (Phi) is 7.79. The Morgan fingerprint density at radius 2 is 1.82 bits per heavy atom. The van der Waals surface area contributed by atoms with Gasteiger partial charge in [-0.3, -0.25) is 4.79 Å². The van der Waals surface area contributed by atoms with Crippen LogP contribution in [-0.2, 0) is 4.79 Å². The highest BCUT2D eigenvalue weighted by atomic mass is 19.4. The van der Waals surface area contributed by atoms with Gasteiger partial charge in [-0.25, -0.2) is 23.5 Å². The van der Waals surface area contributed by atoms with Crippen LogP contribution in [0.3, 0.4) is 0 Å². The highest BCUT2D eigenvalue weighted by Crippen LogP contribution is 2.32. The largest absolute Gasteiger partial charge is 0.490 e. The van der Waals surface area contributed by atoms with Gasteiger partial charge in [-0.15, -0.1) is 0 Å². The van der Waals surface area contributed by atoms with Crippen LogP contribution in [0.15, 0.2) is 77.5 Å². The molecule has 2 aromatic heterocycles. The standard InChI is InChI=1S/C24H19F2N3O3.C2HF3O2/c25-24(26)10-12-29(23(30)18-6-3-5-17(14-18)22-27-11-13-31-22)15-20(24)32-21-9-8-16-4-1-2-7-19(16)28-21;3-2(4,5)1(6)7/h1-9,11,13-14,20H,10,12,15H2;(H,6,7)/t20-;/m0./s1. The maximum absolute atomic E-state index is 14.6. The second kappa shape index (κ2) is 11.1. The number of oxazole rings is 1. The minimum Gasteiger partial charge on any atom is -0.475 e. The molecular weight excluding hydrogens is 529 g/mol. The van der Waals surface area contributed by atoms with E-state index in [1.807, 2.05) is 18.2 Å². The Balaban J connectivity index is 0.000000448. The zero-order valence-corrected chi connectivity index (χ0v) is 19.9. The van der Waals surface area contributed by atoms with E-state index in [1.165, 1.54) is 17.4 Å². The number of hydrogen-bond acceptors (Lipinski definition) is 6. The molecule has 1 aliphatic rings. The number of carboxylic acids is 1. The Morgan fingerprint density at radius 1 is 1.08 bits per heavy atom. The van der Waals surface area contributed by atoms with Gasteiger partial charge in [0.25, 0.3) is 11.8 Å².